The lowest BCUT2D eigenvalue weighted by Gasteiger charge is -2.32. The maximum atomic E-state index is 11.9. The highest BCUT2D eigenvalue weighted by atomic mass is 16.5. The number of nitrogens with one attached hydrogen (secondary N) is 1. The third-order valence-corrected chi connectivity index (χ3v) is 3.62. The molecule has 4 heteroatoms. The largest absolute Gasteiger partial charge is 0.461 e. The Morgan fingerprint density at radius 2 is 1.94 bits per heavy atom. The molecule has 17 heavy (non-hydrogen) atoms. The van der Waals surface area contributed by atoms with Gasteiger partial charge in [-0.2, -0.15) is 0 Å². The van der Waals surface area contributed by atoms with Crippen LogP contribution < -0.4 is 5.32 Å². The van der Waals surface area contributed by atoms with Crippen molar-refractivity contribution >= 4 is 5.97 Å². The highest BCUT2D eigenvalue weighted by molar-refractivity contribution is 5.76. The standard InChI is InChI=1S/C13H23NO3/c1-9-5-10(2)7-11(6-9)17-13(15)12-8-16-4-3-14-12/h9-12,14H,3-8H2,1-2H3. The normalized spacial score (nSPS) is 38.7. The van der Waals surface area contributed by atoms with Gasteiger partial charge in [-0.05, 0) is 31.1 Å². The van der Waals surface area contributed by atoms with Gasteiger partial charge < -0.3 is 14.8 Å². The summed E-state index contributed by atoms with van der Waals surface area (Å²) in [7, 11) is 0. The molecule has 4 nitrogen and oxygen atoms in total. The fraction of sp³-hybridized carbons (Fsp3) is 0.923. The van der Waals surface area contributed by atoms with E-state index in [1.54, 1.807) is 0 Å². The van der Waals surface area contributed by atoms with E-state index in [1.165, 1.54) is 6.42 Å². The van der Waals surface area contributed by atoms with E-state index in [-0.39, 0.29) is 18.1 Å². The van der Waals surface area contributed by atoms with E-state index >= 15 is 0 Å². The number of morpholine rings is 1. The van der Waals surface area contributed by atoms with Gasteiger partial charge in [-0.3, -0.25) is 4.79 Å². The Kier molecular flexibility index (Phi) is 4.40. The van der Waals surface area contributed by atoms with Crippen LogP contribution in [0.5, 0.6) is 0 Å². The predicted octanol–water partition coefficient (Wildman–Crippen LogP) is 1.34. The first-order chi connectivity index (χ1) is 8.15. The van der Waals surface area contributed by atoms with Gasteiger partial charge in [0.05, 0.1) is 13.2 Å². The van der Waals surface area contributed by atoms with Gasteiger partial charge >= 0.3 is 5.97 Å². The minimum absolute atomic E-state index is 0.102. The van der Waals surface area contributed by atoms with E-state index in [4.69, 9.17) is 9.47 Å². The maximum absolute atomic E-state index is 11.9. The second-order valence-electron chi connectivity index (χ2n) is 5.56. The van der Waals surface area contributed by atoms with E-state index in [1.807, 2.05) is 0 Å². The van der Waals surface area contributed by atoms with Crippen LogP contribution in [0.15, 0.2) is 0 Å². The van der Waals surface area contributed by atoms with Crippen molar-refractivity contribution in [2.24, 2.45) is 11.8 Å². The average molecular weight is 241 g/mol. The summed E-state index contributed by atoms with van der Waals surface area (Å²) < 4.78 is 10.9. The summed E-state index contributed by atoms with van der Waals surface area (Å²) in [4.78, 5) is 11.9. The molecular formula is C13H23NO3. The molecule has 0 aromatic rings. The minimum atomic E-state index is -0.267. The molecule has 2 aliphatic rings. The SMILES string of the molecule is CC1CC(C)CC(OC(=O)C2COCCN2)C1. The van der Waals surface area contributed by atoms with Crippen molar-refractivity contribution in [3.8, 4) is 0 Å². The zero-order chi connectivity index (χ0) is 12.3. The number of carbonyl (C=O) groups is 1. The van der Waals surface area contributed by atoms with Gasteiger partial charge in [0, 0.05) is 6.54 Å². The number of carbonyl (C=O) groups excluding carboxylic acids is 1. The summed E-state index contributed by atoms with van der Waals surface area (Å²) in [5.41, 5.74) is 0. The zero-order valence-electron chi connectivity index (χ0n) is 10.8. The van der Waals surface area contributed by atoms with Crippen molar-refractivity contribution in [1.29, 1.82) is 0 Å². The highest BCUT2D eigenvalue weighted by Gasteiger charge is 2.30. The summed E-state index contributed by atoms with van der Waals surface area (Å²) in [5, 5.41) is 3.13. The Morgan fingerprint density at radius 3 is 2.53 bits per heavy atom. The van der Waals surface area contributed by atoms with Gasteiger partial charge in [0.1, 0.15) is 12.1 Å². The van der Waals surface area contributed by atoms with E-state index < -0.39 is 0 Å². The average Bonchev–Trinajstić information content (AvgIpc) is 2.28. The van der Waals surface area contributed by atoms with Crippen LogP contribution in [0.25, 0.3) is 0 Å². The van der Waals surface area contributed by atoms with Crippen LogP contribution in [0.2, 0.25) is 0 Å². The van der Waals surface area contributed by atoms with Crippen molar-refractivity contribution in [1.82, 2.24) is 5.32 Å². The van der Waals surface area contributed by atoms with Gasteiger partial charge in [0.15, 0.2) is 0 Å². The summed E-state index contributed by atoms with van der Waals surface area (Å²) in [6, 6.07) is -0.267. The fourth-order valence-electron chi connectivity index (χ4n) is 2.93. The summed E-state index contributed by atoms with van der Waals surface area (Å²) >= 11 is 0. The molecule has 3 atom stereocenters. The van der Waals surface area contributed by atoms with Crippen LogP contribution in [-0.4, -0.2) is 37.9 Å². The second kappa shape index (κ2) is 5.83. The molecule has 3 unspecified atom stereocenters. The van der Waals surface area contributed by atoms with E-state index in [0.29, 0.717) is 25.0 Å². The molecule has 1 aliphatic heterocycles. The van der Waals surface area contributed by atoms with Crippen LogP contribution in [0.3, 0.4) is 0 Å². The lowest BCUT2D eigenvalue weighted by atomic mass is 9.82. The van der Waals surface area contributed by atoms with Crippen LogP contribution in [0.4, 0.5) is 0 Å². The molecule has 1 aliphatic carbocycles. The fourth-order valence-corrected chi connectivity index (χ4v) is 2.93. The molecule has 2 fully saturated rings. The highest BCUT2D eigenvalue weighted by Crippen LogP contribution is 2.30. The molecule has 1 N–H and O–H groups in total. The van der Waals surface area contributed by atoms with Gasteiger partial charge in [0.2, 0.25) is 0 Å². The Balaban J connectivity index is 1.80. The summed E-state index contributed by atoms with van der Waals surface area (Å²) in [6.07, 6.45) is 3.36. The summed E-state index contributed by atoms with van der Waals surface area (Å²) in [5.74, 6) is 1.18. The van der Waals surface area contributed by atoms with Crippen molar-refractivity contribution in [2.45, 2.75) is 45.3 Å². The van der Waals surface area contributed by atoms with Crippen molar-refractivity contribution in [3.05, 3.63) is 0 Å². The Bertz CT molecular complexity index is 253. The van der Waals surface area contributed by atoms with E-state index in [9.17, 15) is 4.79 Å². The van der Waals surface area contributed by atoms with Crippen molar-refractivity contribution in [2.75, 3.05) is 19.8 Å². The third-order valence-electron chi connectivity index (χ3n) is 3.62. The lowest BCUT2D eigenvalue weighted by Crippen LogP contribution is -2.48. The molecule has 98 valence electrons. The number of hydrogen-bond donors (Lipinski definition) is 1. The van der Waals surface area contributed by atoms with E-state index in [2.05, 4.69) is 19.2 Å². The smallest absolute Gasteiger partial charge is 0.325 e. The van der Waals surface area contributed by atoms with Crippen LogP contribution in [0.1, 0.15) is 33.1 Å². The third kappa shape index (κ3) is 3.68. The molecule has 0 radical (unpaired) electrons. The summed E-state index contributed by atoms with van der Waals surface area (Å²) in [6.45, 7) is 6.33. The number of ether oxygens (including phenoxy) is 2. The first-order valence-electron chi connectivity index (χ1n) is 6.66. The van der Waals surface area contributed by atoms with Crippen LogP contribution in [0, 0.1) is 11.8 Å². The quantitative estimate of drug-likeness (QED) is 0.741. The number of esters is 1. The van der Waals surface area contributed by atoms with Gasteiger partial charge in [-0.15, -0.1) is 0 Å². The molecule has 0 spiro atoms. The van der Waals surface area contributed by atoms with Crippen molar-refractivity contribution in [3.63, 3.8) is 0 Å². The monoisotopic (exact) mass is 241 g/mol. The first-order valence-corrected chi connectivity index (χ1v) is 6.66. The molecule has 0 bridgehead atoms. The topological polar surface area (TPSA) is 47.6 Å². The molecule has 1 saturated carbocycles. The minimum Gasteiger partial charge on any atom is -0.461 e. The van der Waals surface area contributed by atoms with Gasteiger partial charge in [-0.1, -0.05) is 13.8 Å². The molecule has 0 aromatic carbocycles. The Labute approximate surface area is 103 Å². The second-order valence-corrected chi connectivity index (χ2v) is 5.56. The molecule has 1 heterocycles. The van der Waals surface area contributed by atoms with Gasteiger partial charge in [0.25, 0.3) is 0 Å². The molecular weight excluding hydrogens is 218 g/mol. The molecule has 0 amide bonds. The van der Waals surface area contributed by atoms with Crippen LogP contribution in [-0.2, 0) is 14.3 Å². The molecule has 1 saturated heterocycles. The molecule has 0 aromatic heterocycles. The Hall–Kier alpha value is -0.610. The Morgan fingerprint density at radius 1 is 1.24 bits per heavy atom. The van der Waals surface area contributed by atoms with Gasteiger partial charge in [-0.25, -0.2) is 0 Å². The zero-order valence-corrected chi connectivity index (χ0v) is 10.8. The molecule has 2 rings (SSSR count). The predicted molar refractivity (Wildman–Crippen MR) is 64.7 cm³/mol. The van der Waals surface area contributed by atoms with E-state index in [0.717, 1.165) is 19.4 Å². The van der Waals surface area contributed by atoms with Crippen molar-refractivity contribution < 1.29 is 14.3 Å². The van der Waals surface area contributed by atoms with Crippen LogP contribution >= 0.6 is 0 Å². The lowest BCUT2D eigenvalue weighted by molar-refractivity contribution is -0.157. The maximum Gasteiger partial charge on any atom is 0.325 e. The number of hydrogen-bond acceptors (Lipinski definition) is 4. The number of rotatable bonds is 2. The first kappa shape index (κ1) is 12.8.